The zero-order chi connectivity index (χ0) is 24.5. The van der Waals surface area contributed by atoms with Gasteiger partial charge in [0.2, 0.25) is 0 Å². The molecule has 0 amide bonds. The van der Waals surface area contributed by atoms with Crippen LogP contribution in [0.3, 0.4) is 0 Å². The van der Waals surface area contributed by atoms with Crippen molar-refractivity contribution in [2.45, 2.75) is 27.7 Å². The molecule has 1 aliphatic rings. The average molecular weight is 451 g/mol. The van der Waals surface area contributed by atoms with Crippen LogP contribution in [0.2, 0.25) is 0 Å². The van der Waals surface area contributed by atoms with Crippen molar-refractivity contribution in [3.05, 3.63) is 119 Å². The van der Waals surface area contributed by atoms with E-state index >= 15 is 0 Å². The van der Waals surface area contributed by atoms with Crippen molar-refractivity contribution < 1.29 is 9.59 Å². The second kappa shape index (κ2) is 11.6. The van der Waals surface area contributed by atoms with E-state index in [2.05, 4.69) is 10.6 Å². The van der Waals surface area contributed by atoms with Crippen LogP contribution in [-0.2, 0) is 0 Å². The van der Waals surface area contributed by atoms with Gasteiger partial charge in [0.25, 0.3) is 0 Å². The number of anilines is 4. The predicted molar refractivity (Wildman–Crippen MR) is 142 cm³/mol. The molecule has 0 aromatic heterocycles. The molecule has 0 spiro atoms. The summed E-state index contributed by atoms with van der Waals surface area (Å²) in [5, 5.41) is 6.61. The van der Waals surface area contributed by atoms with Crippen molar-refractivity contribution >= 4 is 34.3 Å². The number of nitrogens with one attached hydrogen (secondary N) is 2. The highest BCUT2D eigenvalue weighted by molar-refractivity contribution is 6.32. The van der Waals surface area contributed by atoms with Crippen molar-refractivity contribution in [3.63, 3.8) is 0 Å². The Balaban J connectivity index is 0.000000771. The minimum atomic E-state index is -0.157. The minimum Gasteiger partial charge on any atom is -0.355 e. The number of benzene rings is 4. The van der Waals surface area contributed by atoms with Crippen LogP contribution in [0.25, 0.3) is 0 Å². The number of carbonyl (C=O) groups is 2. The molecule has 0 bridgehead atoms. The first-order valence-electron chi connectivity index (χ1n) is 11.7. The smallest absolute Gasteiger partial charge is 0.196 e. The molecule has 4 nitrogen and oxygen atoms in total. The van der Waals surface area contributed by atoms with Gasteiger partial charge < -0.3 is 10.6 Å². The second-order valence-corrected chi connectivity index (χ2v) is 7.10. The summed E-state index contributed by atoms with van der Waals surface area (Å²) in [7, 11) is 0. The van der Waals surface area contributed by atoms with Gasteiger partial charge in [0.1, 0.15) is 0 Å². The van der Waals surface area contributed by atoms with E-state index in [1.54, 1.807) is 24.3 Å². The third-order valence-corrected chi connectivity index (χ3v) is 5.18. The Morgan fingerprint density at radius 2 is 0.765 bits per heavy atom. The molecule has 4 aromatic carbocycles. The summed E-state index contributed by atoms with van der Waals surface area (Å²) in [5.41, 5.74) is 4.58. The van der Waals surface area contributed by atoms with Gasteiger partial charge >= 0.3 is 0 Å². The lowest BCUT2D eigenvalue weighted by molar-refractivity contribution is 0.0980. The van der Waals surface area contributed by atoms with E-state index in [1.807, 2.05) is 100 Å². The van der Waals surface area contributed by atoms with Gasteiger partial charge in [-0.3, -0.25) is 9.59 Å². The molecule has 172 valence electrons. The lowest BCUT2D eigenvalue weighted by Crippen LogP contribution is -2.23. The van der Waals surface area contributed by atoms with Gasteiger partial charge in [-0.15, -0.1) is 0 Å². The Morgan fingerprint density at radius 3 is 1.12 bits per heavy atom. The zero-order valence-corrected chi connectivity index (χ0v) is 20.1. The molecule has 0 radical (unpaired) electrons. The fraction of sp³-hybridized carbons (Fsp3) is 0.133. The molecule has 0 unspecified atom stereocenters. The molecule has 4 heteroatoms. The molecule has 34 heavy (non-hydrogen) atoms. The van der Waals surface area contributed by atoms with Crippen LogP contribution in [0.15, 0.2) is 97.1 Å². The Kier molecular flexibility index (Phi) is 8.36. The first-order valence-corrected chi connectivity index (χ1v) is 11.7. The number of hydrogen-bond acceptors (Lipinski definition) is 4. The van der Waals surface area contributed by atoms with Crippen molar-refractivity contribution in [2.75, 3.05) is 10.6 Å². The molecule has 4 aromatic rings. The highest BCUT2D eigenvalue weighted by Gasteiger charge is 2.33. The SMILES string of the molecule is CC.CC.O=C1c2ccccc2C(=O)c2c(Nc3ccccc3)ccc(Nc3ccccc3)c21. The third kappa shape index (κ3) is 4.91. The quantitative estimate of drug-likeness (QED) is 0.291. The maximum absolute atomic E-state index is 13.4. The van der Waals surface area contributed by atoms with Crippen LogP contribution in [0, 0.1) is 0 Å². The molecule has 0 aliphatic heterocycles. The lowest BCUT2D eigenvalue weighted by Gasteiger charge is -2.24. The third-order valence-electron chi connectivity index (χ3n) is 5.18. The van der Waals surface area contributed by atoms with Crippen molar-refractivity contribution in [1.29, 1.82) is 0 Å². The average Bonchev–Trinajstić information content (AvgIpc) is 2.91. The normalized spacial score (nSPS) is 11.1. The van der Waals surface area contributed by atoms with E-state index < -0.39 is 0 Å². The lowest BCUT2D eigenvalue weighted by atomic mass is 9.82. The number of ketones is 2. The van der Waals surface area contributed by atoms with Crippen LogP contribution in [0.4, 0.5) is 22.7 Å². The van der Waals surface area contributed by atoms with Gasteiger partial charge in [-0.05, 0) is 36.4 Å². The number of rotatable bonds is 4. The molecule has 2 N–H and O–H groups in total. The first-order chi connectivity index (χ1) is 16.7. The maximum Gasteiger partial charge on any atom is 0.196 e. The van der Waals surface area contributed by atoms with Crippen LogP contribution in [0.5, 0.6) is 0 Å². The van der Waals surface area contributed by atoms with Gasteiger partial charge in [-0.1, -0.05) is 88.4 Å². The summed E-state index contributed by atoms with van der Waals surface area (Å²) < 4.78 is 0. The molecule has 5 rings (SSSR count). The van der Waals surface area contributed by atoms with E-state index in [-0.39, 0.29) is 11.6 Å². The number of carbonyl (C=O) groups excluding carboxylic acids is 2. The molecule has 0 fully saturated rings. The van der Waals surface area contributed by atoms with Gasteiger partial charge in [0.15, 0.2) is 11.6 Å². The van der Waals surface area contributed by atoms with Gasteiger partial charge in [0, 0.05) is 22.5 Å². The highest BCUT2D eigenvalue weighted by Crippen LogP contribution is 2.38. The predicted octanol–water partition coefficient (Wildman–Crippen LogP) is 8.00. The summed E-state index contributed by atoms with van der Waals surface area (Å²) in [6.07, 6.45) is 0. The Morgan fingerprint density at radius 1 is 0.441 bits per heavy atom. The van der Waals surface area contributed by atoms with Crippen LogP contribution in [0.1, 0.15) is 59.5 Å². The maximum atomic E-state index is 13.4. The molecular weight excluding hydrogens is 420 g/mol. The molecule has 0 heterocycles. The van der Waals surface area contributed by atoms with E-state index in [9.17, 15) is 9.59 Å². The number of para-hydroxylation sites is 2. The number of fused-ring (bicyclic) bond motifs is 2. The highest BCUT2D eigenvalue weighted by atomic mass is 16.1. The van der Waals surface area contributed by atoms with Gasteiger partial charge in [0.05, 0.1) is 22.5 Å². The van der Waals surface area contributed by atoms with E-state index in [4.69, 9.17) is 0 Å². The van der Waals surface area contributed by atoms with Crippen LogP contribution >= 0.6 is 0 Å². The summed E-state index contributed by atoms with van der Waals surface area (Å²) >= 11 is 0. The monoisotopic (exact) mass is 450 g/mol. The van der Waals surface area contributed by atoms with E-state index in [1.165, 1.54) is 0 Å². The standard InChI is InChI=1S/C26H18N2O2.2C2H6/c29-25-19-13-7-8-14-20(19)26(30)24-22(28-18-11-5-2-6-12-18)16-15-21(23(24)25)27-17-9-3-1-4-10-17;2*1-2/h1-16,27-28H;2*1-2H3. The fourth-order valence-corrected chi connectivity index (χ4v) is 3.79. The Labute approximate surface area is 201 Å². The summed E-state index contributed by atoms with van der Waals surface area (Å²) in [4.78, 5) is 26.9. The molecule has 0 saturated heterocycles. The first kappa shape index (κ1) is 24.5. The Bertz CT molecular complexity index is 1170. The molecule has 1 aliphatic carbocycles. The largest absolute Gasteiger partial charge is 0.355 e. The van der Waals surface area contributed by atoms with Crippen LogP contribution < -0.4 is 10.6 Å². The zero-order valence-electron chi connectivity index (χ0n) is 20.1. The number of hydrogen-bond donors (Lipinski definition) is 2. The molecule has 0 atom stereocenters. The summed E-state index contributed by atoms with van der Waals surface area (Å²) in [5.74, 6) is -0.314. The van der Waals surface area contributed by atoms with E-state index in [0.717, 1.165) is 11.4 Å². The topological polar surface area (TPSA) is 58.2 Å². The van der Waals surface area contributed by atoms with Gasteiger partial charge in [-0.2, -0.15) is 0 Å². The molecule has 0 saturated carbocycles. The second-order valence-electron chi connectivity index (χ2n) is 7.10. The Hall–Kier alpha value is -4.18. The summed E-state index contributed by atoms with van der Waals surface area (Å²) in [6.45, 7) is 8.00. The summed E-state index contributed by atoms with van der Waals surface area (Å²) in [6, 6.07) is 29.9. The fourth-order valence-electron chi connectivity index (χ4n) is 3.79. The van der Waals surface area contributed by atoms with Crippen molar-refractivity contribution in [2.24, 2.45) is 0 Å². The van der Waals surface area contributed by atoms with Crippen LogP contribution in [-0.4, -0.2) is 11.6 Å². The van der Waals surface area contributed by atoms with Crippen molar-refractivity contribution in [1.82, 2.24) is 0 Å². The van der Waals surface area contributed by atoms with E-state index in [0.29, 0.717) is 33.6 Å². The minimum absolute atomic E-state index is 0.157. The van der Waals surface area contributed by atoms with Crippen molar-refractivity contribution in [3.8, 4) is 0 Å². The van der Waals surface area contributed by atoms with Gasteiger partial charge in [-0.25, -0.2) is 0 Å². The molecular formula is C30H30N2O2.